The van der Waals surface area contributed by atoms with Gasteiger partial charge in [-0.05, 0) is 62.2 Å². The van der Waals surface area contributed by atoms with Crippen LogP contribution in [0.15, 0.2) is 69.1 Å². The van der Waals surface area contributed by atoms with E-state index in [1.54, 1.807) is 11.8 Å². The molecule has 0 amide bonds. The summed E-state index contributed by atoms with van der Waals surface area (Å²) >= 11 is 6.06. The second kappa shape index (κ2) is 17.6. The third-order valence-electron chi connectivity index (χ3n) is 4.11. The van der Waals surface area contributed by atoms with E-state index in [9.17, 15) is 0 Å². The van der Waals surface area contributed by atoms with Crippen LogP contribution in [-0.2, 0) is 6.42 Å². The average Bonchev–Trinajstić information content (AvgIpc) is 2.80. The van der Waals surface area contributed by atoms with Gasteiger partial charge in [0, 0.05) is 34.8 Å². The normalized spacial score (nSPS) is 11.0. The zero-order valence-electron chi connectivity index (χ0n) is 19.8. The van der Waals surface area contributed by atoms with Gasteiger partial charge in [-0.2, -0.15) is 0 Å². The number of benzene rings is 2. The lowest BCUT2D eigenvalue weighted by atomic mass is 10.0. The molecule has 0 aliphatic heterocycles. The molecule has 172 valence electrons. The molecule has 31 heavy (non-hydrogen) atoms. The van der Waals surface area contributed by atoms with Crippen molar-refractivity contribution in [2.75, 3.05) is 26.0 Å². The smallest absolute Gasteiger partial charge is 0.0709 e. The second-order valence-electron chi connectivity index (χ2n) is 6.29. The first kappa shape index (κ1) is 29.0. The number of thioether (sulfide) groups is 1. The van der Waals surface area contributed by atoms with Crippen molar-refractivity contribution in [2.45, 2.75) is 50.3 Å². The molecule has 0 aliphatic rings. The number of hydrogen-bond acceptors (Lipinski definition) is 6. The Bertz CT molecular complexity index is 817. The maximum atomic E-state index is 6.30. The number of rotatable bonds is 9. The van der Waals surface area contributed by atoms with E-state index in [-0.39, 0.29) is 0 Å². The van der Waals surface area contributed by atoms with Crippen LogP contribution in [0.2, 0.25) is 0 Å². The molecular formula is C25H40N4S2. The minimum atomic E-state index is 0.761. The molecule has 6 heteroatoms. The van der Waals surface area contributed by atoms with Gasteiger partial charge in [-0.15, -0.1) is 12.6 Å². The number of anilines is 1. The predicted molar refractivity (Wildman–Crippen MR) is 145 cm³/mol. The molecule has 0 atom stereocenters. The monoisotopic (exact) mass is 460 g/mol. The van der Waals surface area contributed by atoms with Gasteiger partial charge in [0.15, 0.2) is 0 Å². The van der Waals surface area contributed by atoms with Crippen LogP contribution in [-0.4, -0.2) is 20.6 Å². The summed E-state index contributed by atoms with van der Waals surface area (Å²) in [5.74, 6) is 0. The largest absolute Gasteiger partial charge is 0.393 e. The lowest BCUT2D eigenvalue weighted by Crippen LogP contribution is -2.11. The molecule has 6 N–H and O–H groups in total. The summed E-state index contributed by atoms with van der Waals surface area (Å²) < 4.78 is 0. The minimum absolute atomic E-state index is 0.761. The molecule has 0 saturated heterocycles. The fourth-order valence-electron chi connectivity index (χ4n) is 2.62. The maximum absolute atomic E-state index is 6.30. The van der Waals surface area contributed by atoms with Crippen molar-refractivity contribution in [1.29, 1.82) is 0 Å². The van der Waals surface area contributed by atoms with Crippen LogP contribution in [0.25, 0.3) is 6.08 Å². The van der Waals surface area contributed by atoms with E-state index in [0.717, 1.165) is 45.5 Å². The molecule has 0 aromatic heterocycles. The fourth-order valence-corrected chi connectivity index (χ4v) is 3.81. The van der Waals surface area contributed by atoms with Crippen LogP contribution >= 0.6 is 24.4 Å². The van der Waals surface area contributed by atoms with Crippen molar-refractivity contribution in [3.63, 3.8) is 0 Å². The first-order valence-corrected chi connectivity index (χ1v) is 12.0. The van der Waals surface area contributed by atoms with Gasteiger partial charge in [-0.25, -0.2) is 0 Å². The number of allylic oxidation sites excluding steroid dienone is 2. The van der Waals surface area contributed by atoms with Crippen molar-refractivity contribution in [3.05, 3.63) is 70.4 Å². The number of hydrogen-bond donors (Lipinski definition) is 5. The molecule has 0 radical (unpaired) electrons. The van der Waals surface area contributed by atoms with E-state index in [2.05, 4.69) is 67.1 Å². The lowest BCUT2D eigenvalue weighted by Gasteiger charge is -2.09. The van der Waals surface area contributed by atoms with Crippen LogP contribution < -0.4 is 22.1 Å². The SMILES string of the molecule is CC.CCCN/C(C)=C\Cc1ccccc1/C=C(\N)Sc1ccc(NC)c(S)c1.CN. The highest BCUT2D eigenvalue weighted by Crippen LogP contribution is 2.30. The van der Waals surface area contributed by atoms with Crippen molar-refractivity contribution in [2.24, 2.45) is 11.5 Å². The Morgan fingerprint density at radius 2 is 1.81 bits per heavy atom. The first-order chi connectivity index (χ1) is 15.0. The molecule has 2 aromatic rings. The molecule has 0 bridgehead atoms. The first-order valence-electron chi connectivity index (χ1n) is 10.8. The van der Waals surface area contributed by atoms with Crippen LogP contribution in [0.4, 0.5) is 5.69 Å². The van der Waals surface area contributed by atoms with E-state index in [1.165, 1.54) is 18.3 Å². The Kier molecular flexibility index (Phi) is 16.5. The van der Waals surface area contributed by atoms with Gasteiger partial charge in [0.05, 0.1) is 5.03 Å². The standard InChI is InChI=1S/C22H29N3S2.C2H6.CH5N/c1-4-13-25-16(2)9-10-17-7-5-6-8-18(17)14-22(23)27-19-11-12-20(24-3)21(26)15-19;2*1-2/h5-9,11-12,14-15,24-26H,4,10,13,23H2,1-3H3;1-2H3;2H2,1H3/b16-9-,22-14+;;. The second-order valence-corrected chi connectivity index (χ2v) is 7.92. The van der Waals surface area contributed by atoms with Gasteiger partial charge in [0.1, 0.15) is 0 Å². The van der Waals surface area contributed by atoms with E-state index in [1.807, 2.05) is 51.2 Å². The quantitative estimate of drug-likeness (QED) is 0.230. The molecule has 0 saturated carbocycles. The number of nitrogens with one attached hydrogen (secondary N) is 2. The third-order valence-corrected chi connectivity index (χ3v) is 5.32. The summed E-state index contributed by atoms with van der Waals surface area (Å²) in [6, 6.07) is 14.5. The summed E-state index contributed by atoms with van der Waals surface area (Å²) in [6.07, 6.45) is 6.29. The van der Waals surface area contributed by atoms with Crippen molar-refractivity contribution in [1.82, 2.24) is 5.32 Å². The maximum Gasteiger partial charge on any atom is 0.0709 e. The highest BCUT2D eigenvalue weighted by molar-refractivity contribution is 8.03. The zero-order valence-corrected chi connectivity index (χ0v) is 21.5. The van der Waals surface area contributed by atoms with Crippen LogP contribution in [0.5, 0.6) is 0 Å². The molecule has 0 fully saturated rings. The number of thiol groups is 1. The Labute approximate surface area is 199 Å². The van der Waals surface area contributed by atoms with Crippen molar-refractivity contribution in [3.8, 4) is 0 Å². The van der Waals surface area contributed by atoms with E-state index in [0.29, 0.717) is 0 Å². The van der Waals surface area contributed by atoms with E-state index in [4.69, 9.17) is 5.73 Å². The van der Waals surface area contributed by atoms with Crippen LogP contribution in [0, 0.1) is 0 Å². The molecule has 4 nitrogen and oxygen atoms in total. The highest BCUT2D eigenvalue weighted by atomic mass is 32.2. The zero-order chi connectivity index (χ0) is 23.6. The summed E-state index contributed by atoms with van der Waals surface area (Å²) in [6.45, 7) is 9.29. The van der Waals surface area contributed by atoms with E-state index >= 15 is 0 Å². The van der Waals surface area contributed by atoms with Crippen molar-refractivity contribution < 1.29 is 0 Å². The number of nitrogens with two attached hydrogens (primary N) is 2. The molecule has 0 unspecified atom stereocenters. The Balaban J connectivity index is 0.00000212. The Morgan fingerprint density at radius 3 is 2.42 bits per heavy atom. The summed E-state index contributed by atoms with van der Waals surface area (Å²) in [5, 5.41) is 7.29. The third kappa shape index (κ3) is 11.2. The van der Waals surface area contributed by atoms with Gasteiger partial charge in [-0.1, -0.05) is 62.9 Å². The van der Waals surface area contributed by atoms with Gasteiger partial charge in [0.25, 0.3) is 0 Å². The van der Waals surface area contributed by atoms with Crippen LogP contribution in [0.3, 0.4) is 0 Å². The van der Waals surface area contributed by atoms with Crippen LogP contribution in [0.1, 0.15) is 45.2 Å². The van der Waals surface area contributed by atoms with Crippen molar-refractivity contribution >= 4 is 36.2 Å². The minimum Gasteiger partial charge on any atom is -0.393 e. The molecule has 0 aliphatic carbocycles. The topological polar surface area (TPSA) is 76.1 Å². The fraction of sp³-hybridized carbons (Fsp3) is 0.360. The summed E-state index contributed by atoms with van der Waals surface area (Å²) in [4.78, 5) is 1.99. The average molecular weight is 461 g/mol. The molecule has 0 spiro atoms. The van der Waals surface area contributed by atoms with E-state index < -0.39 is 0 Å². The highest BCUT2D eigenvalue weighted by Gasteiger charge is 2.04. The molecule has 0 heterocycles. The summed E-state index contributed by atoms with van der Waals surface area (Å²) in [7, 11) is 3.39. The Hall–Kier alpha value is -2.02. The molecular weight excluding hydrogens is 420 g/mol. The van der Waals surface area contributed by atoms with Gasteiger partial charge < -0.3 is 22.1 Å². The van der Waals surface area contributed by atoms with Gasteiger partial charge in [-0.3, -0.25) is 0 Å². The predicted octanol–water partition coefficient (Wildman–Crippen LogP) is 6.11. The Morgan fingerprint density at radius 1 is 1.13 bits per heavy atom. The summed E-state index contributed by atoms with van der Waals surface area (Å²) in [5.41, 5.74) is 15.4. The lowest BCUT2D eigenvalue weighted by molar-refractivity contribution is 0.766. The van der Waals surface area contributed by atoms with Gasteiger partial charge in [0.2, 0.25) is 0 Å². The molecule has 2 aromatic carbocycles. The van der Waals surface area contributed by atoms with Gasteiger partial charge >= 0.3 is 0 Å². The molecule has 2 rings (SSSR count).